The van der Waals surface area contributed by atoms with Crippen LogP contribution in [0.2, 0.25) is 0 Å². The van der Waals surface area contributed by atoms with Crippen molar-refractivity contribution in [2.24, 2.45) is 5.73 Å². The average Bonchev–Trinajstić information content (AvgIpc) is 3.10. The van der Waals surface area contributed by atoms with E-state index in [0.717, 1.165) is 25.7 Å². The Morgan fingerprint density at radius 2 is 0.754 bits per heavy atom. The third-order valence-electron chi connectivity index (χ3n) is 8.05. The van der Waals surface area contributed by atoms with Gasteiger partial charge in [-0.05, 0) is 51.6 Å². The fourth-order valence-corrected chi connectivity index (χ4v) is 3.92. The quantitative estimate of drug-likeness (QED) is 0.0836. The molecule has 0 aliphatic heterocycles. The number of nitrogens with zero attached hydrogens (tertiary/aromatic N) is 3. The molecule has 3 aromatic rings. The molecule has 0 amide bonds. The van der Waals surface area contributed by atoms with Crippen molar-refractivity contribution in [2.45, 2.75) is 63.5 Å². The summed E-state index contributed by atoms with van der Waals surface area (Å²) in [5.41, 5.74) is 6.32. The zero-order valence-corrected chi connectivity index (χ0v) is 36.2. The van der Waals surface area contributed by atoms with E-state index in [4.69, 9.17) is 16.8 Å². The molecule has 6 atom stereocenters. The monoisotopic (exact) mass is 856 g/mol. The molecule has 5 N–H and O–H groups in total. The number of benzene rings is 3. The first kappa shape index (κ1) is 63.4. The summed E-state index contributed by atoms with van der Waals surface area (Å²) >= 11 is -1.50. The molecular weight excluding hydrogens is 797 g/mol. The Morgan fingerprint density at radius 1 is 0.579 bits per heavy atom. The van der Waals surface area contributed by atoms with Crippen LogP contribution < -0.4 is 24.6 Å². The molecule has 0 spiro atoms. The Hall–Kier alpha value is -2.80. The van der Waals surface area contributed by atoms with Crippen LogP contribution in [0.3, 0.4) is 0 Å². The minimum atomic E-state index is -4.50. The third-order valence-corrected chi connectivity index (χ3v) is 8.05. The maximum Gasteiger partial charge on any atom is 1.00 e. The number of nitrogens with two attached hydrogens (primary N) is 1. The van der Waals surface area contributed by atoms with Crippen LogP contribution in [-0.4, -0.2) is 127 Å². The molecule has 57 heavy (non-hydrogen) atoms. The Labute approximate surface area is 353 Å². The largest absolute Gasteiger partial charge is 1.00 e. The van der Waals surface area contributed by atoms with E-state index in [2.05, 4.69) is 61.9 Å². The predicted octanol–water partition coefficient (Wildman–Crippen LogP) is 2.77. The summed E-state index contributed by atoms with van der Waals surface area (Å²) < 4.78 is 93.8. The van der Waals surface area contributed by atoms with Gasteiger partial charge >= 0.3 is 48.3 Å². The van der Waals surface area contributed by atoms with Crippen LogP contribution in [0.5, 0.6) is 0 Å². The number of alkyl halides is 3. The summed E-state index contributed by atoms with van der Waals surface area (Å²) in [6.07, 6.45) is -5.69. The number of hydrogen-bond donors (Lipinski definition) is 4. The summed E-state index contributed by atoms with van der Waals surface area (Å²) in [5, 5.41) is 30.1. The van der Waals surface area contributed by atoms with E-state index in [1.807, 2.05) is 117 Å². The first-order valence-corrected chi connectivity index (χ1v) is 17.9. The Bertz CT molecular complexity index is 1370. The van der Waals surface area contributed by atoms with Gasteiger partial charge in [0.05, 0.1) is 48.4 Å². The summed E-state index contributed by atoms with van der Waals surface area (Å²) in [5.74, 6) is 0. The second-order valence-electron chi connectivity index (χ2n) is 13.9. The minimum absolute atomic E-state index is 0. The topological polar surface area (TPSA) is 158 Å². The van der Waals surface area contributed by atoms with Crippen molar-refractivity contribution < 1.29 is 86.3 Å². The maximum atomic E-state index is 10.1. The van der Waals surface area contributed by atoms with Crippen LogP contribution in [0.1, 0.15) is 55.8 Å². The molecule has 322 valence electrons. The van der Waals surface area contributed by atoms with E-state index in [9.17, 15) is 41.7 Å². The van der Waals surface area contributed by atoms with Gasteiger partial charge in [-0.15, -0.1) is 0 Å². The molecule has 0 bridgehead atoms. The molecule has 3 aromatic carbocycles. The standard InChI is InChI=1S/2C12H20NO.C11H17NO.CH2F3N.CF3.Li.2O2S/c2*1-10(13(2,3)4)12(14)11-8-6-5-7-9-11;1-9(12(2)3)11(13)10-7-5-4-6-8-10;2-1(3,4)5;2-1(3)4;;2*1-3-2/h2*5-10,12,14H,1-4H3;4-9,11,13H,1-3H3;5H2;;;;/q2*+1;;;-1;+1;;/t2*10-,12-;9-,11-;;;;;/m000...../s1. The summed E-state index contributed by atoms with van der Waals surface area (Å²) in [7, 11) is 16.5. The average molecular weight is 857 g/mol. The van der Waals surface area contributed by atoms with Crippen molar-refractivity contribution in [3.63, 3.8) is 0 Å². The van der Waals surface area contributed by atoms with Crippen molar-refractivity contribution in [1.29, 1.82) is 0 Å². The molecule has 3 rings (SSSR count). The Morgan fingerprint density at radius 3 is 0.912 bits per heavy atom. The second kappa shape index (κ2) is 34.1. The van der Waals surface area contributed by atoms with Gasteiger partial charge in [-0.1, -0.05) is 91.0 Å². The molecular formula is C37H59F6LiN4O7S2+2. The smallest absolute Gasteiger partial charge is 0.387 e. The van der Waals surface area contributed by atoms with Crippen molar-refractivity contribution >= 4 is 23.1 Å². The summed E-state index contributed by atoms with van der Waals surface area (Å²) in [6, 6.07) is 29.9. The van der Waals surface area contributed by atoms with E-state index in [1.165, 1.54) is 0 Å². The van der Waals surface area contributed by atoms with Gasteiger partial charge in [-0.25, -0.2) is 5.73 Å². The fraction of sp³-hybridized carbons (Fsp3) is 0.486. The normalized spacial score (nSPS) is 13.7. The number of likely N-dealkylation sites (N-methyl/N-ethyl adjacent to an activating group) is 3. The van der Waals surface area contributed by atoms with E-state index >= 15 is 0 Å². The molecule has 0 aromatic heterocycles. The first-order chi connectivity index (χ1) is 25.5. The van der Waals surface area contributed by atoms with Crippen LogP contribution in [0.25, 0.3) is 0 Å². The second-order valence-corrected chi connectivity index (χ2v) is 14.1. The molecule has 0 saturated carbocycles. The molecule has 0 aliphatic carbocycles. The van der Waals surface area contributed by atoms with Crippen molar-refractivity contribution in [1.82, 2.24) is 4.90 Å². The van der Waals surface area contributed by atoms with Crippen molar-refractivity contribution in [2.75, 3.05) is 56.4 Å². The number of quaternary nitrogens is 2. The third kappa shape index (κ3) is 37.2. The zero-order chi connectivity index (χ0) is 44.9. The predicted molar refractivity (Wildman–Crippen MR) is 207 cm³/mol. The number of halogens is 6. The first-order valence-electron chi connectivity index (χ1n) is 16.5. The molecule has 0 heterocycles. The molecule has 20 heteroatoms. The Kier molecular flexibility index (Phi) is 37.9. The van der Waals surface area contributed by atoms with Gasteiger partial charge in [-0.3, -0.25) is 0 Å². The van der Waals surface area contributed by atoms with Gasteiger partial charge in [0.2, 0.25) is 0 Å². The number of hydrogen-bond acceptors (Lipinski definition) is 9. The van der Waals surface area contributed by atoms with Gasteiger partial charge in [0.1, 0.15) is 24.3 Å². The number of aliphatic hydroxyl groups excluding tert-OH is 3. The van der Waals surface area contributed by atoms with Crippen molar-refractivity contribution in [3.05, 3.63) is 114 Å². The summed E-state index contributed by atoms with van der Waals surface area (Å²) in [6.45, 7) is 3.06. The van der Waals surface area contributed by atoms with E-state index in [1.54, 1.807) is 0 Å². The SMILES string of the molecule is C[C@@H]([C@H](O)c1ccccc1)N(C)C.C[C@@H]([C@H](O)c1ccccc1)[N+](C)(C)C.C[C@@H]([C@H](O)c1ccccc1)[N+](C)(C)C.F[C-](F)F.NC(F)(F)F.O=S=O.O=S=O.[Li+]. The van der Waals surface area contributed by atoms with Crippen LogP contribution in [0.15, 0.2) is 91.0 Å². The van der Waals surface area contributed by atoms with Gasteiger partial charge in [-0.2, -0.15) is 30.0 Å². The van der Waals surface area contributed by atoms with E-state index in [0.29, 0.717) is 0 Å². The molecule has 0 fully saturated rings. The van der Waals surface area contributed by atoms with Crippen molar-refractivity contribution in [3.8, 4) is 0 Å². The molecule has 0 radical (unpaired) electrons. The van der Waals surface area contributed by atoms with Crippen LogP contribution in [-0.2, 0) is 23.1 Å². The number of aliphatic hydroxyl groups is 3. The van der Waals surface area contributed by atoms with E-state index < -0.39 is 54.4 Å². The van der Waals surface area contributed by atoms with Crippen LogP contribution >= 0.6 is 0 Å². The Balaban J connectivity index is -0.000000200. The molecule has 0 unspecified atom stereocenters. The van der Waals surface area contributed by atoms with Crippen LogP contribution in [0, 0.1) is 6.68 Å². The summed E-state index contributed by atoms with van der Waals surface area (Å²) in [4.78, 5) is 2.01. The van der Waals surface area contributed by atoms with Crippen LogP contribution in [0.4, 0.5) is 26.3 Å². The zero-order valence-electron chi connectivity index (χ0n) is 34.6. The molecule has 0 saturated heterocycles. The van der Waals surface area contributed by atoms with Gasteiger partial charge in [0.25, 0.3) is 0 Å². The fourth-order valence-electron chi connectivity index (χ4n) is 3.92. The maximum absolute atomic E-state index is 10.1. The molecule has 11 nitrogen and oxygen atoms in total. The minimum Gasteiger partial charge on any atom is -0.387 e. The van der Waals surface area contributed by atoms with Gasteiger partial charge in [0.15, 0.2) is 6.68 Å². The van der Waals surface area contributed by atoms with E-state index in [-0.39, 0.29) is 37.0 Å². The van der Waals surface area contributed by atoms with Gasteiger partial charge in [0, 0.05) is 6.04 Å². The van der Waals surface area contributed by atoms with Gasteiger partial charge < -0.3 is 42.4 Å². The number of rotatable bonds is 9. The molecule has 0 aliphatic rings.